The third-order valence-electron chi connectivity index (χ3n) is 11.1. The van der Waals surface area contributed by atoms with E-state index in [4.69, 9.17) is 14.2 Å². The zero-order chi connectivity index (χ0) is 44.0. The van der Waals surface area contributed by atoms with Crippen molar-refractivity contribution in [1.82, 2.24) is 15.1 Å². The van der Waals surface area contributed by atoms with Crippen molar-refractivity contribution < 1.29 is 33.4 Å². The van der Waals surface area contributed by atoms with E-state index in [1.54, 1.807) is 4.90 Å². The van der Waals surface area contributed by atoms with Gasteiger partial charge in [-0.15, -0.1) is 0 Å². The van der Waals surface area contributed by atoms with E-state index in [2.05, 4.69) is 19.2 Å². The predicted octanol–water partition coefficient (Wildman–Crippen LogP) is 11.7. The standard InChI is InChI=1S/C50H95N3O7/c1-5-7-9-11-13-15-17-19-21-23-25-27-29-31-35-49(56)59-43-33-40-53(48(55)38-37-47(54)51-39-45-58-46-42-52(3)4)41-34-44-60-50(57)36-32-30-28-26-24-22-20-18-16-14-12-10-8-6-2/h37-38H,5-36,39-46H2,1-4H3,(H,51,54). The molecule has 60 heavy (non-hydrogen) atoms. The fraction of sp³-hybridized carbons (Fsp3) is 0.880. The first kappa shape index (κ1) is 57.5. The van der Waals surface area contributed by atoms with Gasteiger partial charge >= 0.3 is 11.9 Å². The molecule has 0 aromatic heterocycles. The lowest BCUT2D eigenvalue weighted by Crippen LogP contribution is -2.33. The number of rotatable bonds is 46. The molecule has 10 heteroatoms. The number of ether oxygens (including phenoxy) is 3. The Kier molecular flexibility index (Phi) is 44.2. The van der Waals surface area contributed by atoms with Crippen LogP contribution in [0.2, 0.25) is 0 Å². The number of unbranched alkanes of at least 4 members (excludes halogenated alkanes) is 26. The molecule has 0 aliphatic carbocycles. The Bertz CT molecular complexity index is 970. The maximum Gasteiger partial charge on any atom is 0.305 e. The van der Waals surface area contributed by atoms with E-state index in [0.717, 1.165) is 45.1 Å². The molecule has 0 radical (unpaired) electrons. The van der Waals surface area contributed by atoms with Crippen LogP contribution in [0.1, 0.15) is 219 Å². The molecule has 352 valence electrons. The number of carbonyl (C=O) groups excluding carboxylic acids is 4. The summed E-state index contributed by atoms with van der Waals surface area (Å²) >= 11 is 0. The van der Waals surface area contributed by atoms with Crippen molar-refractivity contribution in [1.29, 1.82) is 0 Å². The van der Waals surface area contributed by atoms with Crippen LogP contribution < -0.4 is 5.32 Å². The van der Waals surface area contributed by atoms with Gasteiger partial charge < -0.3 is 29.3 Å². The van der Waals surface area contributed by atoms with Crippen LogP contribution in [0.5, 0.6) is 0 Å². The van der Waals surface area contributed by atoms with Crippen molar-refractivity contribution in [2.24, 2.45) is 0 Å². The van der Waals surface area contributed by atoms with Gasteiger partial charge in [0, 0.05) is 51.2 Å². The molecule has 0 saturated carbocycles. The highest BCUT2D eigenvalue weighted by Crippen LogP contribution is 2.15. The lowest BCUT2D eigenvalue weighted by atomic mass is 10.0. The molecule has 0 aromatic rings. The van der Waals surface area contributed by atoms with E-state index in [9.17, 15) is 19.2 Å². The van der Waals surface area contributed by atoms with Gasteiger partial charge in [-0.2, -0.15) is 0 Å². The number of amides is 2. The summed E-state index contributed by atoms with van der Waals surface area (Å²) in [5.74, 6) is -1.07. The van der Waals surface area contributed by atoms with Crippen LogP contribution in [0.25, 0.3) is 0 Å². The highest BCUT2D eigenvalue weighted by molar-refractivity contribution is 5.96. The van der Waals surface area contributed by atoms with E-state index in [1.165, 1.54) is 153 Å². The van der Waals surface area contributed by atoms with Crippen LogP contribution in [-0.4, -0.2) is 100 Å². The predicted molar refractivity (Wildman–Crippen MR) is 249 cm³/mol. The summed E-state index contributed by atoms with van der Waals surface area (Å²) in [7, 11) is 3.94. The van der Waals surface area contributed by atoms with Crippen LogP contribution in [0, 0.1) is 0 Å². The molecule has 0 atom stereocenters. The SMILES string of the molecule is CCCCCCCCCCCCCCCCC(=O)OCCCN(CCCOC(=O)CCCCCCCCCCCCCCCC)C(=O)C=CC(=O)NCCOCCN(C)C. The van der Waals surface area contributed by atoms with Crippen molar-refractivity contribution in [3.8, 4) is 0 Å². The third-order valence-corrected chi connectivity index (χ3v) is 11.1. The summed E-state index contributed by atoms with van der Waals surface area (Å²) in [6.45, 7) is 7.84. The third kappa shape index (κ3) is 43.6. The van der Waals surface area contributed by atoms with Gasteiger partial charge in [0.15, 0.2) is 0 Å². The molecule has 10 nitrogen and oxygen atoms in total. The first-order valence-corrected chi connectivity index (χ1v) is 25.1. The first-order chi connectivity index (χ1) is 29.3. The average Bonchev–Trinajstić information content (AvgIpc) is 3.23. The summed E-state index contributed by atoms with van der Waals surface area (Å²) in [4.78, 5) is 53.8. The Morgan fingerprint density at radius 2 is 0.800 bits per heavy atom. The van der Waals surface area contributed by atoms with Gasteiger partial charge in [-0.3, -0.25) is 19.2 Å². The summed E-state index contributed by atoms with van der Waals surface area (Å²) in [6.07, 6.45) is 39.9. The second kappa shape index (κ2) is 46.1. The monoisotopic (exact) mass is 850 g/mol. The van der Waals surface area contributed by atoms with Crippen LogP contribution in [-0.2, 0) is 33.4 Å². The maximum absolute atomic E-state index is 13.1. The zero-order valence-corrected chi connectivity index (χ0v) is 39.7. The number of carbonyl (C=O) groups is 4. The quantitative estimate of drug-likeness (QED) is 0.0366. The molecule has 0 bridgehead atoms. The van der Waals surface area contributed by atoms with Crippen LogP contribution >= 0.6 is 0 Å². The van der Waals surface area contributed by atoms with Gasteiger partial charge in [-0.25, -0.2) is 0 Å². The number of nitrogens with zero attached hydrogens (tertiary/aromatic N) is 2. The molecule has 0 spiro atoms. The number of likely N-dealkylation sites (N-methyl/N-ethyl adjacent to an activating group) is 1. The van der Waals surface area contributed by atoms with E-state index >= 15 is 0 Å². The highest BCUT2D eigenvalue weighted by atomic mass is 16.5. The lowest BCUT2D eigenvalue weighted by molar-refractivity contribution is -0.144. The van der Waals surface area contributed by atoms with Gasteiger partial charge in [-0.05, 0) is 39.8 Å². The largest absolute Gasteiger partial charge is 0.466 e. The number of nitrogens with one attached hydrogen (secondary N) is 1. The van der Waals surface area contributed by atoms with Crippen molar-refractivity contribution >= 4 is 23.8 Å². The van der Waals surface area contributed by atoms with E-state index < -0.39 is 0 Å². The lowest BCUT2D eigenvalue weighted by Gasteiger charge is -2.21. The van der Waals surface area contributed by atoms with Gasteiger partial charge in [-0.1, -0.05) is 181 Å². The Morgan fingerprint density at radius 1 is 0.433 bits per heavy atom. The van der Waals surface area contributed by atoms with Crippen molar-refractivity contribution in [3.63, 3.8) is 0 Å². The summed E-state index contributed by atoms with van der Waals surface area (Å²) < 4.78 is 16.5. The Hall–Kier alpha value is -2.46. The minimum absolute atomic E-state index is 0.195. The fourth-order valence-electron chi connectivity index (χ4n) is 7.19. The molecular weight excluding hydrogens is 755 g/mol. The van der Waals surface area contributed by atoms with E-state index in [0.29, 0.717) is 58.5 Å². The van der Waals surface area contributed by atoms with Gasteiger partial charge in [0.05, 0.1) is 26.4 Å². The highest BCUT2D eigenvalue weighted by Gasteiger charge is 2.13. The molecule has 0 saturated heterocycles. The van der Waals surface area contributed by atoms with Crippen molar-refractivity contribution in [2.45, 2.75) is 219 Å². The summed E-state index contributed by atoms with van der Waals surface area (Å²) in [5, 5.41) is 2.74. The van der Waals surface area contributed by atoms with Crippen LogP contribution in [0.15, 0.2) is 12.2 Å². The van der Waals surface area contributed by atoms with E-state index in [-0.39, 0.29) is 37.0 Å². The molecule has 1 N–H and O–H groups in total. The van der Waals surface area contributed by atoms with Gasteiger partial charge in [0.2, 0.25) is 11.8 Å². The molecule has 2 amide bonds. The van der Waals surface area contributed by atoms with E-state index in [1.807, 2.05) is 19.0 Å². The number of esters is 2. The minimum Gasteiger partial charge on any atom is -0.466 e. The van der Waals surface area contributed by atoms with Gasteiger partial charge in [0.1, 0.15) is 0 Å². The molecule has 0 unspecified atom stereocenters. The van der Waals surface area contributed by atoms with Crippen LogP contribution in [0.3, 0.4) is 0 Å². The molecule has 0 heterocycles. The Labute approximate surface area is 369 Å². The molecule has 0 aliphatic rings. The van der Waals surface area contributed by atoms with Crippen molar-refractivity contribution in [3.05, 3.63) is 12.2 Å². The fourth-order valence-corrected chi connectivity index (χ4v) is 7.19. The molecule has 0 aliphatic heterocycles. The Balaban J connectivity index is 4.36. The minimum atomic E-state index is -0.366. The number of hydrogen-bond acceptors (Lipinski definition) is 8. The molecule has 0 aromatic carbocycles. The summed E-state index contributed by atoms with van der Waals surface area (Å²) in [6, 6.07) is 0. The second-order valence-electron chi connectivity index (χ2n) is 17.2. The van der Waals surface area contributed by atoms with Crippen LogP contribution in [0.4, 0.5) is 0 Å². The maximum atomic E-state index is 13.1. The summed E-state index contributed by atoms with van der Waals surface area (Å²) in [5.41, 5.74) is 0. The van der Waals surface area contributed by atoms with Gasteiger partial charge in [0.25, 0.3) is 0 Å². The molecular formula is C50H95N3O7. The topological polar surface area (TPSA) is 114 Å². The Morgan fingerprint density at radius 3 is 1.17 bits per heavy atom. The molecule has 0 fully saturated rings. The normalized spacial score (nSPS) is 11.4. The number of hydrogen-bond donors (Lipinski definition) is 1. The first-order valence-electron chi connectivity index (χ1n) is 25.1. The zero-order valence-electron chi connectivity index (χ0n) is 39.7. The molecule has 0 rings (SSSR count). The van der Waals surface area contributed by atoms with Crippen molar-refractivity contribution in [2.75, 3.05) is 66.7 Å². The smallest absolute Gasteiger partial charge is 0.305 e. The average molecular weight is 850 g/mol. The second-order valence-corrected chi connectivity index (χ2v) is 17.2.